The van der Waals surface area contributed by atoms with E-state index in [0.29, 0.717) is 23.1 Å². The van der Waals surface area contributed by atoms with Crippen LogP contribution in [0.3, 0.4) is 0 Å². The van der Waals surface area contributed by atoms with Crippen molar-refractivity contribution in [2.45, 2.75) is 13.1 Å². The largest absolute Gasteiger partial charge is 0.493 e. The molecule has 0 aliphatic carbocycles. The summed E-state index contributed by atoms with van der Waals surface area (Å²) in [4.78, 5) is 14.2. The fourth-order valence-corrected chi connectivity index (χ4v) is 3.31. The predicted molar refractivity (Wildman–Crippen MR) is 106 cm³/mol. The quantitative estimate of drug-likeness (QED) is 0.777. The van der Waals surface area contributed by atoms with E-state index in [-0.39, 0.29) is 5.57 Å². The van der Waals surface area contributed by atoms with Crippen molar-refractivity contribution >= 4 is 24.2 Å². The predicted octanol–water partition coefficient (Wildman–Crippen LogP) is 3.39. The first-order valence-corrected chi connectivity index (χ1v) is 8.84. The van der Waals surface area contributed by atoms with Crippen molar-refractivity contribution in [3.05, 3.63) is 64.7 Å². The molecule has 0 saturated carbocycles. The third kappa shape index (κ3) is 3.57. The van der Waals surface area contributed by atoms with Crippen molar-refractivity contribution in [1.29, 1.82) is 5.26 Å². The molecule has 0 radical (unpaired) electrons. The number of thiol groups is 1. The van der Waals surface area contributed by atoms with Crippen LogP contribution in [0.25, 0.3) is 0 Å². The Morgan fingerprint density at radius 3 is 2.59 bits per heavy atom. The minimum atomic E-state index is -0.547. The van der Waals surface area contributed by atoms with Gasteiger partial charge >= 0.3 is 0 Å². The molecular weight excluding hydrogens is 362 g/mol. The van der Waals surface area contributed by atoms with Gasteiger partial charge in [-0.3, -0.25) is 4.79 Å². The second-order valence-corrected chi connectivity index (χ2v) is 6.16. The number of rotatable bonds is 5. The number of nitrogens with one attached hydrogen (secondary N) is 1. The SMILES string of the molecule is CCOc1ccc([C@H]2NC(=O)C(C#N)=C(S)N2c2ccccc2)cc1OC. The maximum Gasteiger partial charge on any atom is 0.266 e. The molecule has 2 aromatic carbocycles. The van der Waals surface area contributed by atoms with Gasteiger partial charge < -0.3 is 19.7 Å². The molecule has 1 N–H and O–H groups in total. The molecule has 0 saturated heterocycles. The molecule has 6 nitrogen and oxygen atoms in total. The van der Waals surface area contributed by atoms with Crippen LogP contribution in [0.5, 0.6) is 11.5 Å². The van der Waals surface area contributed by atoms with Crippen LogP contribution in [-0.2, 0) is 4.79 Å². The summed E-state index contributed by atoms with van der Waals surface area (Å²) in [6.45, 7) is 2.41. The summed E-state index contributed by atoms with van der Waals surface area (Å²) in [6, 6.07) is 16.8. The van der Waals surface area contributed by atoms with Gasteiger partial charge in [0.05, 0.1) is 18.7 Å². The average molecular weight is 381 g/mol. The van der Waals surface area contributed by atoms with Crippen molar-refractivity contribution in [3.8, 4) is 17.6 Å². The number of carbonyl (C=O) groups is 1. The van der Waals surface area contributed by atoms with E-state index in [2.05, 4.69) is 17.9 Å². The molecule has 0 bridgehead atoms. The normalized spacial score (nSPS) is 16.6. The molecule has 7 heteroatoms. The summed E-state index contributed by atoms with van der Waals surface area (Å²) in [6.07, 6.45) is -0.547. The van der Waals surface area contributed by atoms with E-state index in [0.717, 1.165) is 11.3 Å². The highest BCUT2D eigenvalue weighted by Gasteiger charge is 2.34. The number of benzene rings is 2. The zero-order valence-corrected chi connectivity index (χ0v) is 15.9. The molecule has 1 heterocycles. The van der Waals surface area contributed by atoms with E-state index in [1.54, 1.807) is 18.1 Å². The number of ether oxygens (including phenoxy) is 2. The topological polar surface area (TPSA) is 74.6 Å². The monoisotopic (exact) mass is 381 g/mol. The van der Waals surface area contributed by atoms with Crippen LogP contribution in [0.2, 0.25) is 0 Å². The van der Waals surface area contributed by atoms with Gasteiger partial charge in [0.25, 0.3) is 5.91 Å². The Labute approximate surface area is 163 Å². The lowest BCUT2D eigenvalue weighted by molar-refractivity contribution is -0.118. The number of methoxy groups -OCH3 is 1. The number of carbonyl (C=O) groups excluding carboxylic acids is 1. The van der Waals surface area contributed by atoms with Crippen LogP contribution in [0, 0.1) is 11.3 Å². The van der Waals surface area contributed by atoms with E-state index < -0.39 is 12.1 Å². The summed E-state index contributed by atoms with van der Waals surface area (Å²) in [5.74, 6) is 0.719. The number of anilines is 1. The standard InChI is InChI=1S/C20H19N3O3S/c1-3-26-16-10-9-13(11-17(16)25-2)18-22-19(24)15(12-21)20(27)23(18)14-7-5-4-6-8-14/h4-11,18,27H,3H2,1-2H3,(H,22,24)/t18-/m0/s1. The fourth-order valence-electron chi connectivity index (χ4n) is 2.93. The Morgan fingerprint density at radius 2 is 1.96 bits per heavy atom. The van der Waals surface area contributed by atoms with Gasteiger partial charge in [-0.15, -0.1) is 12.6 Å². The second-order valence-electron chi connectivity index (χ2n) is 5.74. The molecule has 0 aromatic heterocycles. The van der Waals surface area contributed by atoms with Crippen LogP contribution in [0.15, 0.2) is 59.1 Å². The van der Waals surface area contributed by atoms with Crippen LogP contribution in [-0.4, -0.2) is 19.6 Å². The molecule has 27 heavy (non-hydrogen) atoms. The van der Waals surface area contributed by atoms with Gasteiger partial charge in [0.15, 0.2) is 11.5 Å². The Hall–Kier alpha value is -3.11. The molecule has 138 valence electrons. The molecule has 1 aliphatic heterocycles. The van der Waals surface area contributed by atoms with Crippen LogP contribution < -0.4 is 19.7 Å². The Bertz CT molecular complexity index is 922. The Kier molecular flexibility index (Phi) is 5.57. The maximum atomic E-state index is 12.4. The maximum absolute atomic E-state index is 12.4. The third-order valence-corrected chi connectivity index (χ3v) is 4.59. The van der Waals surface area contributed by atoms with E-state index >= 15 is 0 Å². The van der Waals surface area contributed by atoms with E-state index in [1.165, 1.54) is 0 Å². The number of nitriles is 1. The molecular formula is C20H19N3O3S. The Morgan fingerprint density at radius 1 is 1.22 bits per heavy atom. The van der Waals surface area contributed by atoms with E-state index in [1.807, 2.05) is 55.5 Å². The third-order valence-electron chi connectivity index (χ3n) is 4.15. The van der Waals surface area contributed by atoms with Crippen molar-refractivity contribution in [2.24, 2.45) is 0 Å². The molecule has 3 rings (SSSR count). The van der Waals surface area contributed by atoms with Crippen molar-refractivity contribution in [2.75, 3.05) is 18.6 Å². The van der Waals surface area contributed by atoms with Gasteiger partial charge in [-0.2, -0.15) is 5.26 Å². The summed E-state index contributed by atoms with van der Waals surface area (Å²) in [7, 11) is 1.56. The van der Waals surface area contributed by atoms with Crippen molar-refractivity contribution in [1.82, 2.24) is 5.32 Å². The molecule has 2 aromatic rings. The lowest BCUT2D eigenvalue weighted by Gasteiger charge is -2.38. The van der Waals surface area contributed by atoms with Crippen LogP contribution in [0.1, 0.15) is 18.7 Å². The first kappa shape index (κ1) is 18.7. The van der Waals surface area contributed by atoms with Gasteiger partial charge in [0, 0.05) is 5.69 Å². The van der Waals surface area contributed by atoms with Gasteiger partial charge in [-0.05, 0) is 36.8 Å². The molecule has 1 aliphatic rings. The highest BCUT2D eigenvalue weighted by atomic mass is 32.1. The van der Waals surface area contributed by atoms with Gasteiger partial charge in [0.1, 0.15) is 17.8 Å². The summed E-state index contributed by atoms with van der Waals surface area (Å²) >= 11 is 4.48. The summed E-state index contributed by atoms with van der Waals surface area (Å²) in [5, 5.41) is 12.5. The smallest absolute Gasteiger partial charge is 0.266 e. The number of hydrogen-bond acceptors (Lipinski definition) is 6. The number of para-hydroxylation sites is 1. The lowest BCUT2D eigenvalue weighted by Crippen LogP contribution is -2.46. The molecule has 0 spiro atoms. The zero-order valence-electron chi connectivity index (χ0n) is 15.0. The first-order chi connectivity index (χ1) is 13.1. The van der Waals surface area contributed by atoms with Crippen molar-refractivity contribution < 1.29 is 14.3 Å². The Balaban J connectivity index is 2.12. The van der Waals surface area contributed by atoms with Crippen LogP contribution >= 0.6 is 12.6 Å². The molecule has 1 amide bonds. The molecule has 0 unspecified atom stereocenters. The van der Waals surface area contributed by atoms with Gasteiger partial charge in [0.2, 0.25) is 0 Å². The zero-order chi connectivity index (χ0) is 19.4. The minimum absolute atomic E-state index is 0.0312. The molecule has 1 atom stereocenters. The van der Waals surface area contributed by atoms with Crippen molar-refractivity contribution in [3.63, 3.8) is 0 Å². The van der Waals surface area contributed by atoms with E-state index in [4.69, 9.17) is 9.47 Å². The highest BCUT2D eigenvalue weighted by Crippen LogP contribution is 2.38. The first-order valence-electron chi connectivity index (χ1n) is 8.40. The fraction of sp³-hybridized carbons (Fsp3) is 0.200. The summed E-state index contributed by atoms with van der Waals surface area (Å²) in [5.41, 5.74) is 1.54. The number of amides is 1. The molecule has 0 fully saturated rings. The minimum Gasteiger partial charge on any atom is -0.493 e. The van der Waals surface area contributed by atoms with E-state index in [9.17, 15) is 10.1 Å². The number of nitrogens with zero attached hydrogens (tertiary/aromatic N) is 2. The van der Waals surface area contributed by atoms with Crippen LogP contribution in [0.4, 0.5) is 5.69 Å². The highest BCUT2D eigenvalue weighted by molar-refractivity contribution is 7.84. The lowest BCUT2D eigenvalue weighted by atomic mass is 10.1. The van der Waals surface area contributed by atoms with Gasteiger partial charge in [-0.1, -0.05) is 24.3 Å². The average Bonchev–Trinajstić information content (AvgIpc) is 2.69. The summed E-state index contributed by atoms with van der Waals surface area (Å²) < 4.78 is 11.0. The second kappa shape index (κ2) is 8.06. The number of hydrogen-bond donors (Lipinski definition) is 2. The van der Waals surface area contributed by atoms with Gasteiger partial charge in [-0.25, -0.2) is 0 Å².